The average Bonchev–Trinajstić information content (AvgIpc) is 2.61. The Morgan fingerprint density at radius 2 is 1.84 bits per heavy atom. The van der Waals surface area contributed by atoms with Crippen LogP contribution >= 0.6 is 11.6 Å². The fourth-order valence-electron chi connectivity index (χ4n) is 2.18. The van der Waals surface area contributed by atoms with E-state index in [1.165, 1.54) is 6.92 Å². The molecule has 0 saturated carbocycles. The molecular formula is C18H14ClN3O3. The van der Waals surface area contributed by atoms with E-state index in [9.17, 15) is 9.59 Å². The lowest BCUT2D eigenvalue weighted by Gasteiger charge is -2.14. The van der Waals surface area contributed by atoms with Crippen LogP contribution in [0.15, 0.2) is 54.9 Å². The number of aromatic nitrogens is 2. The summed E-state index contributed by atoms with van der Waals surface area (Å²) in [5.41, 5.74) is 2.08. The highest BCUT2D eigenvalue weighted by molar-refractivity contribution is 6.30. The molecule has 0 aliphatic heterocycles. The Hall–Kier alpha value is -2.99. The van der Waals surface area contributed by atoms with Gasteiger partial charge in [0, 0.05) is 23.1 Å². The van der Waals surface area contributed by atoms with Gasteiger partial charge in [0.2, 0.25) is 0 Å². The topological polar surface area (TPSA) is 81.2 Å². The van der Waals surface area contributed by atoms with Crippen molar-refractivity contribution in [2.75, 3.05) is 5.32 Å². The van der Waals surface area contributed by atoms with E-state index < -0.39 is 18.0 Å². The van der Waals surface area contributed by atoms with Gasteiger partial charge in [-0.15, -0.1) is 0 Å². The first-order valence-electron chi connectivity index (χ1n) is 7.51. The zero-order chi connectivity index (χ0) is 17.8. The Bertz CT molecular complexity index is 946. The molecule has 6 nitrogen and oxygen atoms in total. The highest BCUT2D eigenvalue weighted by Crippen LogP contribution is 2.16. The number of anilines is 1. The number of ether oxygens (including phenoxy) is 1. The molecule has 0 bridgehead atoms. The minimum absolute atomic E-state index is 0.301. The van der Waals surface area contributed by atoms with Crippen LogP contribution in [-0.4, -0.2) is 27.9 Å². The lowest BCUT2D eigenvalue weighted by atomic mass is 10.2. The minimum Gasteiger partial charge on any atom is -0.449 e. The van der Waals surface area contributed by atoms with Crippen molar-refractivity contribution < 1.29 is 14.3 Å². The van der Waals surface area contributed by atoms with Gasteiger partial charge in [-0.05, 0) is 43.3 Å². The average molecular weight is 356 g/mol. The molecule has 1 amide bonds. The van der Waals surface area contributed by atoms with Crippen molar-refractivity contribution in [2.45, 2.75) is 13.0 Å². The first kappa shape index (κ1) is 16.9. The van der Waals surface area contributed by atoms with Crippen LogP contribution in [0.1, 0.15) is 17.3 Å². The maximum atomic E-state index is 12.2. The number of carbonyl (C=O) groups is 2. The lowest BCUT2D eigenvalue weighted by Crippen LogP contribution is -2.30. The molecule has 1 N–H and O–H groups in total. The largest absolute Gasteiger partial charge is 0.449 e. The second-order valence-corrected chi connectivity index (χ2v) is 5.74. The van der Waals surface area contributed by atoms with Crippen LogP contribution in [0.25, 0.3) is 11.0 Å². The quantitative estimate of drug-likeness (QED) is 0.725. The standard InChI is InChI=1S/C18H14ClN3O3/c1-11(17(23)22-14-4-2-3-13(19)10-14)25-18(24)12-5-6-15-16(9-12)21-8-7-20-15/h2-11H,1H3,(H,22,23)/t11-/m0/s1. The number of benzene rings is 2. The van der Waals surface area contributed by atoms with Crippen LogP contribution in [0, 0.1) is 0 Å². The molecule has 25 heavy (non-hydrogen) atoms. The molecule has 1 heterocycles. The summed E-state index contributed by atoms with van der Waals surface area (Å²) in [5, 5.41) is 3.15. The predicted molar refractivity (Wildman–Crippen MR) is 94.5 cm³/mol. The fraction of sp³-hybridized carbons (Fsp3) is 0.111. The molecule has 2 aromatic carbocycles. The van der Waals surface area contributed by atoms with Crippen molar-refractivity contribution in [1.29, 1.82) is 0 Å². The minimum atomic E-state index is -0.968. The third kappa shape index (κ3) is 4.10. The van der Waals surface area contributed by atoms with E-state index in [1.807, 2.05) is 0 Å². The summed E-state index contributed by atoms with van der Waals surface area (Å²) in [4.78, 5) is 32.7. The molecule has 0 spiro atoms. The highest BCUT2D eigenvalue weighted by Gasteiger charge is 2.19. The lowest BCUT2D eigenvalue weighted by molar-refractivity contribution is -0.123. The number of nitrogens with one attached hydrogen (secondary N) is 1. The van der Waals surface area contributed by atoms with Crippen molar-refractivity contribution >= 4 is 40.2 Å². The summed E-state index contributed by atoms with van der Waals surface area (Å²) in [6, 6.07) is 11.5. The van der Waals surface area contributed by atoms with Gasteiger partial charge in [0.15, 0.2) is 6.10 Å². The molecule has 0 radical (unpaired) electrons. The molecule has 126 valence electrons. The first-order valence-corrected chi connectivity index (χ1v) is 7.89. The van der Waals surface area contributed by atoms with Crippen LogP contribution in [-0.2, 0) is 9.53 Å². The summed E-state index contributed by atoms with van der Waals surface area (Å²) in [6.07, 6.45) is 2.14. The van der Waals surface area contributed by atoms with Gasteiger partial charge in [-0.2, -0.15) is 0 Å². The first-order chi connectivity index (χ1) is 12.0. The predicted octanol–water partition coefficient (Wildman–Crippen LogP) is 3.47. The van der Waals surface area contributed by atoms with E-state index in [4.69, 9.17) is 16.3 Å². The van der Waals surface area contributed by atoms with E-state index in [0.29, 0.717) is 27.3 Å². The number of carbonyl (C=O) groups excluding carboxylic acids is 2. The van der Waals surface area contributed by atoms with Gasteiger partial charge < -0.3 is 10.1 Å². The van der Waals surface area contributed by atoms with Gasteiger partial charge in [0.25, 0.3) is 5.91 Å². The molecule has 0 aliphatic carbocycles. The Labute approximate surface area is 148 Å². The van der Waals surface area contributed by atoms with E-state index in [0.717, 1.165) is 0 Å². The summed E-state index contributed by atoms with van der Waals surface area (Å²) >= 11 is 5.87. The number of hydrogen-bond donors (Lipinski definition) is 1. The van der Waals surface area contributed by atoms with Crippen LogP contribution in [0.2, 0.25) is 5.02 Å². The van der Waals surface area contributed by atoms with Crippen molar-refractivity contribution in [1.82, 2.24) is 9.97 Å². The van der Waals surface area contributed by atoms with Crippen LogP contribution in [0.4, 0.5) is 5.69 Å². The molecule has 3 aromatic rings. The smallest absolute Gasteiger partial charge is 0.338 e. The summed E-state index contributed by atoms with van der Waals surface area (Å²) < 4.78 is 5.22. The zero-order valence-electron chi connectivity index (χ0n) is 13.3. The third-order valence-corrected chi connectivity index (χ3v) is 3.69. The monoisotopic (exact) mass is 355 g/mol. The van der Waals surface area contributed by atoms with Gasteiger partial charge in [-0.3, -0.25) is 14.8 Å². The Kier molecular flexibility index (Phi) is 4.90. The second kappa shape index (κ2) is 7.27. The van der Waals surface area contributed by atoms with E-state index >= 15 is 0 Å². The fourth-order valence-corrected chi connectivity index (χ4v) is 2.37. The number of amides is 1. The number of rotatable bonds is 4. The number of nitrogens with zero attached hydrogens (tertiary/aromatic N) is 2. The van der Waals surface area contributed by atoms with Gasteiger partial charge in [0.05, 0.1) is 16.6 Å². The van der Waals surface area contributed by atoms with Gasteiger partial charge in [-0.1, -0.05) is 17.7 Å². The van der Waals surface area contributed by atoms with Gasteiger partial charge in [-0.25, -0.2) is 4.79 Å². The van der Waals surface area contributed by atoms with Crippen LogP contribution in [0.3, 0.4) is 0 Å². The molecule has 7 heteroatoms. The highest BCUT2D eigenvalue weighted by atomic mass is 35.5. The summed E-state index contributed by atoms with van der Waals surface area (Å²) in [5.74, 6) is -1.06. The normalized spacial score (nSPS) is 11.8. The Morgan fingerprint density at radius 1 is 1.08 bits per heavy atom. The van der Waals surface area contributed by atoms with Crippen molar-refractivity contribution in [3.05, 3.63) is 65.4 Å². The summed E-state index contributed by atoms with van der Waals surface area (Å²) in [7, 11) is 0. The Morgan fingerprint density at radius 3 is 2.60 bits per heavy atom. The maximum absolute atomic E-state index is 12.2. The second-order valence-electron chi connectivity index (χ2n) is 5.31. The number of halogens is 1. The maximum Gasteiger partial charge on any atom is 0.338 e. The third-order valence-electron chi connectivity index (χ3n) is 3.45. The molecule has 0 unspecified atom stereocenters. The van der Waals surface area contributed by atoms with Crippen molar-refractivity contribution in [3.8, 4) is 0 Å². The molecule has 0 saturated heterocycles. The molecular weight excluding hydrogens is 342 g/mol. The van der Waals surface area contributed by atoms with Gasteiger partial charge in [0.1, 0.15) is 0 Å². The number of esters is 1. The summed E-state index contributed by atoms with van der Waals surface area (Å²) in [6.45, 7) is 1.50. The molecule has 3 rings (SSSR count). The van der Waals surface area contributed by atoms with Gasteiger partial charge >= 0.3 is 5.97 Å². The molecule has 1 aromatic heterocycles. The van der Waals surface area contributed by atoms with Crippen LogP contribution in [0.5, 0.6) is 0 Å². The van der Waals surface area contributed by atoms with Crippen molar-refractivity contribution in [3.63, 3.8) is 0 Å². The molecule has 1 atom stereocenters. The van der Waals surface area contributed by atoms with E-state index in [1.54, 1.807) is 54.9 Å². The van der Waals surface area contributed by atoms with E-state index in [-0.39, 0.29) is 0 Å². The SMILES string of the molecule is C[C@H](OC(=O)c1ccc2nccnc2c1)C(=O)Nc1cccc(Cl)c1. The Balaban J connectivity index is 1.67. The zero-order valence-corrected chi connectivity index (χ0v) is 14.0. The van der Waals surface area contributed by atoms with Crippen LogP contribution < -0.4 is 5.32 Å². The van der Waals surface area contributed by atoms with Crippen molar-refractivity contribution in [2.24, 2.45) is 0 Å². The molecule has 0 fully saturated rings. The molecule has 0 aliphatic rings. The van der Waals surface area contributed by atoms with E-state index in [2.05, 4.69) is 15.3 Å². The number of fused-ring (bicyclic) bond motifs is 1. The number of hydrogen-bond acceptors (Lipinski definition) is 5.